The lowest BCUT2D eigenvalue weighted by atomic mass is 10.3. The molecule has 0 saturated carbocycles. The highest BCUT2D eigenvalue weighted by molar-refractivity contribution is 7.98. The van der Waals surface area contributed by atoms with E-state index in [2.05, 4.69) is 39.7 Å². The molecule has 0 aliphatic rings. The van der Waals surface area contributed by atoms with Gasteiger partial charge in [-0.25, -0.2) is 9.97 Å². The van der Waals surface area contributed by atoms with Crippen molar-refractivity contribution < 1.29 is 0 Å². The molecule has 0 unspecified atom stereocenters. The predicted molar refractivity (Wildman–Crippen MR) is 84.4 cm³/mol. The molecule has 2 aromatic rings. The maximum absolute atomic E-state index is 4.45. The van der Waals surface area contributed by atoms with Crippen molar-refractivity contribution in [3.8, 4) is 0 Å². The second-order valence-electron chi connectivity index (χ2n) is 3.95. The van der Waals surface area contributed by atoms with Crippen molar-refractivity contribution in [1.29, 1.82) is 0 Å². The van der Waals surface area contributed by atoms with Crippen LogP contribution in [0.15, 0.2) is 23.4 Å². The number of hydrogen-bond acceptors (Lipinski definition) is 6. The van der Waals surface area contributed by atoms with Gasteiger partial charge in [-0.2, -0.15) is 0 Å². The van der Waals surface area contributed by atoms with E-state index >= 15 is 0 Å². The van der Waals surface area contributed by atoms with E-state index in [9.17, 15) is 0 Å². The van der Waals surface area contributed by atoms with Crippen molar-refractivity contribution in [3.05, 3.63) is 28.0 Å². The Balaban J connectivity index is 2.05. The second kappa shape index (κ2) is 6.77. The van der Waals surface area contributed by atoms with Gasteiger partial charge in [-0.3, -0.25) is 0 Å². The fourth-order valence-corrected chi connectivity index (χ4v) is 2.90. The molecule has 0 aliphatic carbocycles. The molecule has 6 heteroatoms. The first kappa shape index (κ1) is 14.1. The van der Waals surface area contributed by atoms with Crippen molar-refractivity contribution in [2.24, 2.45) is 0 Å². The Kier molecular flexibility index (Phi) is 5.04. The van der Waals surface area contributed by atoms with Gasteiger partial charge in [-0.1, -0.05) is 18.7 Å². The number of nitrogens with one attached hydrogen (secondary N) is 2. The summed E-state index contributed by atoms with van der Waals surface area (Å²) in [6.07, 6.45) is 3.07. The van der Waals surface area contributed by atoms with Crippen molar-refractivity contribution in [2.45, 2.75) is 25.0 Å². The first-order valence-corrected chi connectivity index (χ1v) is 8.21. The van der Waals surface area contributed by atoms with Crippen LogP contribution in [0.4, 0.5) is 11.6 Å². The van der Waals surface area contributed by atoms with Crippen LogP contribution in [0.1, 0.15) is 16.7 Å². The third kappa shape index (κ3) is 3.84. The Morgan fingerprint density at radius 3 is 2.58 bits per heavy atom. The Morgan fingerprint density at radius 2 is 1.95 bits per heavy atom. The zero-order valence-electron chi connectivity index (χ0n) is 11.4. The van der Waals surface area contributed by atoms with Gasteiger partial charge in [0.25, 0.3) is 0 Å². The number of rotatable bonds is 6. The van der Waals surface area contributed by atoms with E-state index in [0.29, 0.717) is 0 Å². The van der Waals surface area contributed by atoms with Crippen LogP contribution in [0, 0.1) is 0 Å². The highest BCUT2D eigenvalue weighted by atomic mass is 32.2. The molecule has 0 fully saturated rings. The summed E-state index contributed by atoms with van der Waals surface area (Å²) >= 11 is 3.39. The lowest BCUT2D eigenvalue weighted by molar-refractivity contribution is 0.961. The molecule has 0 bridgehead atoms. The Hall–Kier alpha value is -1.27. The fourth-order valence-electron chi connectivity index (χ4n) is 1.62. The van der Waals surface area contributed by atoms with E-state index in [0.717, 1.165) is 29.8 Å². The highest BCUT2D eigenvalue weighted by Crippen LogP contribution is 2.20. The van der Waals surface area contributed by atoms with Gasteiger partial charge in [0.15, 0.2) is 5.16 Å². The minimum absolute atomic E-state index is 0.773. The van der Waals surface area contributed by atoms with E-state index in [4.69, 9.17) is 0 Å². The Labute approximate surface area is 122 Å². The standard InChI is InChI=1S/C13H18N4S2/c1-4-9-5-6-10(19-9)8-15-12-7-11(14-2)16-13(17-12)18-3/h5-7H,4,8H2,1-3H3,(H2,14,15,16,17). The topological polar surface area (TPSA) is 49.8 Å². The Bertz CT molecular complexity index is 517. The molecular weight excluding hydrogens is 276 g/mol. The third-order valence-electron chi connectivity index (χ3n) is 2.65. The molecule has 4 nitrogen and oxygen atoms in total. The molecule has 2 heterocycles. The molecule has 0 radical (unpaired) electrons. The van der Waals surface area contributed by atoms with Gasteiger partial charge < -0.3 is 10.6 Å². The first-order chi connectivity index (χ1) is 9.25. The van der Waals surface area contributed by atoms with Crippen LogP contribution in [-0.4, -0.2) is 23.3 Å². The van der Waals surface area contributed by atoms with Crippen LogP contribution in [0.3, 0.4) is 0 Å². The van der Waals surface area contributed by atoms with Crippen molar-refractivity contribution >= 4 is 34.7 Å². The lowest BCUT2D eigenvalue weighted by Crippen LogP contribution is -2.03. The molecular formula is C13H18N4S2. The second-order valence-corrected chi connectivity index (χ2v) is 5.98. The zero-order valence-corrected chi connectivity index (χ0v) is 13.0. The zero-order chi connectivity index (χ0) is 13.7. The number of nitrogens with zero attached hydrogens (tertiary/aromatic N) is 2. The molecule has 0 aromatic carbocycles. The first-order valence-electron chi connectivity index (χ1n) is 6.17. The van der Waals surface area contributed by atoms with E-state index < -0.39 is 0 Å². The molecule has 2 rings (SSSR count). The third-order valence-corrected chi connectivity index (χ3v) is 4.43. The van der Waals surface area contributed by atoms with Crippen LogP contribution in [0.2, 0.25) is 0 Å². The van der Waals surface area contributed by atoms with Gasteiger partial charge in [0.05, 0.1) is 6.54 Å². The normalized spacial score (nSPS) is 10.5. The maximum atomic E-state index is 4.45. The van der Waals surface area contributed by atoms with Crippen LogP contribution in [0.5, 0.6) is 0 Å². The summed E-state index contributed by atoms with van der Waals surface area (Å²) in [6.45, 7) is 2.98. The molecule has 0 atom stereocenters. The monoisotopic (exact) mass is 294 g/mol. The summed E-state index contributed by atoms with van der Waals surface area (Å²) in [4.78, 5) is 11.5. The molecule has 2 aromatic heterocycles. The average Bonchev–Trinajstić information content (AvgIpc) is 2.92. The maximum Gasteiger partial charge on any atom is 0.191 e. The fraction of sp³-hybridized carbons (Fsp3) is 0.385. The minimum Gasteiger partial charge on any atom is -0.373 e. The van der Waals surface area contributed by atoms with E-state index in [-0.39, 0.29) is 0 Å². The molecule has 102 valence electrons. The van der Waals surface area contributed by atoms with Crippen LogP contribution in [-0.2, 0) is 13.0 Å². The summed E-state index contributed by atoms with van der Waals surface area (Å²) in [7, 11) is 1.86. The molecule has 19 heavy (non-hydrogen) atoms. The molecule has 0 aliphatic heterocycles. The summed E-state index contributed by atoms with van der Waals surface area (Å²) in [5.41, 5.74) is 0. The molecule has 0 amide bonds. The number of thiophene rings is 1. The summed E-state index contributed by atoms with van der Waals surface area (Å²) < 4.78 is 0. The highest BCUT2D eigenvalue weighted by Gasteiger charge is 2.04. The summed E-state index contributed by atoms with van der Waals surface area (Å²) in [5.74, 6) is 1.69. The average molecular weight is 294 g/mol. The minimum atomic E-state index is 0.773. The van der Waals surface area contributed by atoms with Gasteiger partial charge in [-0.05, 0) is 24.8 Å². The van der Waals surface area contributed by atoms with Crippen LogP contribution >= 0.6 is 23.1 Å². The lowest BCUT2D eigenvalue weighted by Gasteiger charge is -2.07. The van der Waals surface area contributed by atoms with E-state index in [1.807, 2.05) is 30.7 Å². The van der Waals surface area contributed by atoms with Crippen molar-refractivity contribution in [3.63, 3.8) is 0 Å². The molecule has 0 saturated heterocycles. The number of aromatic nitrogens is 2. The quantitative estimate of drug-likeness (QED) is 0.631. The van der Waals surface area contributed by atoms with Crippen molar-refractivity contribution in [1.82, 2.24) is 9.97 Å². The van der Waals surface area contributed by atoms with Gasteiger partial charge in [0.2, 0.25) is 0 Å². The number of anilines is 2. The van der Waals surface area contributed by atoms with Gasteiger partial charge in [0.1, 0.15) is 11.6 Å². The number of hydrogen-bond donors (Lipinski definition) is 2. The van der Waals surface area contributed by atoms with Gasteiger partial charge >= 0.3 is 0 Å². The van der Waals surface area contributed by atoms with Gasteiger partial charge in [0, 0.05) is 22.9 Å². The summed E-state index contributed by atoms with van der Waals surface area (Å²) in [6, 6.07) is 6.29. The predicted octanol–water partition coefficient (Wildman–Crippen LogP) is 3.48. The largest absolute Gasteiger partial charge is 0.373 e. The Morgan fingerprint density at radius 1 is 1.21 bits per heavy atom. The number of aryl methyl sites for hydroxylation is 1. The van der Waals surface area contributed by atoms with E-state index in [1.54, 1.807) is 11.8 Å². The summed E-state index contributed by atoms with van der Waals surface area (Å²) in [5, 5.41) is 7.18. The molecule has 2 N–H and O–H groups in total. The number of thioether (sulfide) groups is 1. The van der Waals surface area contributed by atoms with Crippen molar-refractivity contribution in [2.75, 3.05) is 23.9 Å². The smallest absolute Gasteiger partial charge is 0.191 e. The van der Waals surface area contributed by atoms with E-state index in [1.165, 1.54) is 9.75 Å². The van der Waals surface area contributed by atoms with Crippen LogP contribution < -0.4 is 10.6 Å². The molecule has 0 spiro atoms. The van der Waals surface area contributed by atoms with Crippen LogP contribution in [0.25, 0.3) is 0 Å². The van der Waals surface area contributed by atoms with Gasteiger partial charge in [-0.15, -0.1) is 11.3 Å². The SMILES string of the molecule is CCc1ccc(CNc2cc(NC)nc(SC)n2)s1.